The molecule has 1 aromatic carbocycles. The molecule has 0 saturated heterocycles. The number of ketones is 1. The van der Waals surface area contributed by atoms with Crippen molar-refractivity contribution in [3.8, 4) is 5.75 Å². The van der Waals surface area contributed by atoms with Crippen LogP contribution in [-0.4, -0.2) is 36.1 Å². The van der Waals surface area contributed by atoms with Crippen LogP contribution >= 0.6 is 0 Å². The number of alkyl halides is 9. The van der Waals surface area contributed by atoms with E-state index in [1.165, 1.54) is 5.32 Å². The van der Waals surface area contributed by atoms with Crippen molar-refractivity contribution in [2.24, 2.45) is 0 Å². The van der Waals surface area contributed by atoms with Crippen molar-refractivity contribution in [1.82, 2.24) is 5.32 Å². The quantitative estimate of drug-likeness (QED) is 0.538. The second kappa shape index (κ2) is 7.39. The van der Waals surface area contributed by atoms with Gasteiger partial charge in [0.05, 0.1) is 5.69 Å². The number of anilines is 1. The summed E-state index contributed by atoms with van der Waals surface area (Å²) < 4.78 is 117. The van der Waals surface area contributed by atoms with E-state index in [0.717, 1.165) is 13.0 Å². The molecule has 0 unspecified atom stereocenters. The maximum Gasteiger partial charge on any atom is 0.573 e. The third kappa shape index (κ3) is 5.42. The smallest absolute Gasteiger partial charge is 0.404 e. The molecule has 0 radical (unpaired) electrons. The Kier molecular flexibility index (Phi) is 6.17. The van der Waals surface area contributed by atoms with Crippen molar-refractivity contribution in [3.63, 3.8) is 0 Å². The van der Waals surface area contributed by atoms with Crippen molar-refractivity contribution in [2.45, 2.75) is 38.1 Å². The molecular weight excluding hydrogens is 415 g/mol. The summed E-state index contributed by atoms with van der Waals surface area (Å²) >= 11 is 0. The Morgan fingerprint density at radius 3 is 1.82 bits per heavy atom. The average Bonchev–Trinajstić information content (AvgIpc) is 2.44. The molecule has 5 nitrogen and oxygen atoms in total. The van der Waals surface area contributed by atoms with Crippen molar-refractivity contribution in [3.05, 3.63) is 23.8 Å². The van der Waals surface area contributed by atoms with Gasteiger partial charge in [0.15, 0.2) is 11.5 Å². The molecule has 1 aromatic rings. The number of amides is 2. The second-order valence-corrected chi connectivity index (χ2v) is 5.51. The molecule has 0 bridgehead atoms. The van der Waals surface area contributed by atoms with Gasteiger partial charge in [-0.25, -0.2) is 4.79 Å². The molecule has 0 spiro atoms. The highest BCUT2D eigenvalue weighted by Crippen LogP contribution is 2.42. The molecule has 28 heavy (non-hydrogen) atoms. The fourth-order valence-electron chi connectivity index (χ4n) is 1.74. The van der Waals surface area contributed by atoms with Crippen LogP contribution in [0, 0.1) is 0 Å². The van der Waals surface area contributed by atoms with Gasteiger partial charge in [0.1, 0.15) is 0 Å². The van der Waals surface area contributed by atoms with Gasteiger partial charge < -0.3 is 15.4 Å². The normalized spacial score (nSPS) is 13.1. The van der Waals surface area contributed by atoms with E-state index in [2.05, 4.69) is 4.74 Å². The maximum atomic E-state index is 12.8. The monoisotopic (exact) mass is 426 g/mol. The first-order valence-corrected chi connectivity index (χ1v) is 7.01. The van der Waals surface area contributed by atoms with Crippen molar-refractivity contribution < 1.29 is 53.8 Å². The number of rotatable bonds is 4. The van der Waals surface area contributed by atoms with E-state index in [1.54, 1.807) is 0 Å². The fraction of sp³-hybridized carbons (Fsp3) is 0.429. The van der Waals surface area contributed by atoms with Gasteiger partial charge in [-0.1, -0.05) is 0 Å². The summed E-state index contributed by atoms with van der Waals surface area (Å²) in [5.74, 6) is -1.93. The Morgan fingerprint density at radius 2 is 1.43 bits per heavy atom. The summed E-state index contributed by atoms with van der Waals surface area (Å²) in [5.41, 5.74) is -5.93. The van der Waals surface area contributed by atoms with Crippen LogP contribution in [0.2, 0.25) is 0 Å². The Balaban J connectivity index is 3.22. The van der Waals surface area contributed by atoms with Gasteiger partial charge in [0.2, 0.25) is 5.54 Å². The number of nitrogens with one attached hydrogen (secondary N) is 2. The highest BCUT2D eigenvalue weighted by Gasteiger charge is 2.68. The number of urea groups is 1. The third-order valence-corrected chi connectivity index (χ3v) is 3.36. The van der Waals surface area contributed by atoms with Crippen molar-refractivity contribution in [1.29, 1.82) is 0 Å². The van der Waals surface area contributed by atoms with E-state index >= 15 is 0 Å². The molecule has 14 heteroatoms. The molecule has 0 aliphatic heterocycles. The lowest BCUT2D eigenvalue weighted by atomic mass is 10.0. The van der Waals surface area contributed by atoms with Crippen LogP contribution in [-0.2, 0) is 0 Å². The molecule has 0 heterocycles. The predicted octanol–water partition coefficient (Wildman–Crippen LogP) is 4.79. The van der Waals surface area contributed by atoms with Crippen LogP contribution in [0.3, 0.4) is 0 Å². The number of ether oxygens (including phenoxy) is 1. The Labute approximate surface area is 150 Å². The van der Waals surface area contributed by atoms with Gasteiger partial charge in [-0.15, -0.1) is 13.2 Å². The van der Waals surface area contributed by atoms with Gasteiger partial charge in [0, 0.05) is 5.56 Å². The van der Waals surface area contributed by atoms with Gasteiger partial charge in [0.25, 0.3) is 0 Å². The summed E-state index contributed by atoms with van der Waals surface area (Å²) in [6.07, 6.45) is -17.3. The second-order valence-electron chi connectivity index (χ2n) is 5.51. The first-order chi connectivity index (χ1) is 12.4. The van der Waals surface area contributed by atoms with Crippen LogP contribution in [0.1, 0.15) is 24.2 Å². The van der Waals surface area contributed by atoms with Gasteiger partial charge in [-0.05, 0) is 32.0 Å². The molecule has 0 saturated carbocycles. The van der Waals surface area contributed by atoms with Crippen molar-refractivity contribution in [2.75, 3.05) is 5.32 Å². The Morgan fingerprint density at radius 1 is 0.929 bits per heavy atom. The first kappa shape index (κ1) is 23.4. The zero-order valence-electron chi connectivity index (χ0n) is 13.9. The van der Waals surface area contributed by atoms with Crippen LogP contribution < -0.4 is 15.4 Å². The number of Topliss-reactive ketones (excluding diaryl/α,β-unsaturated/α-hetero) is 1. The van der Waals surface area contributed by atoms with E-state index in [1.807, 2.05) is 0 Å². The number of hydrogen-bond donors (Lipinski definition) is 2. The molecule has 1 rings (SSSR count). The predicted molar refractivity (Wildman–Crippen MR) is 75.8 cm³/mol. The number of hydrogen-bond acceptors (Lipinski definition) is 3. The molecule has 0 fully saturated rings. The minimum absolute atomic E-state index is 0.319. The average molecular weight is 426 g/mol. The minimum Gasteiger partial charge on any atom is -0.404 e. The Bertz CT molecular complexity index is 740. The summed E-state index contributed by atoms with van der Waals surface area (Å²) in [6.45, 7) is 0.614. The number of benzene rings is 1. The highest BCUT2D eigenvalue weighted by molar-refractivity contribution is 5.97. The third-order valence-electron chi connectivity index (χ3n) is 3.36. The summed E-state index contributed by atoms with van der Waals surface area (Å²) in [7, 11) is 0. The summed E-state index contributed by atoms with van der Waals surface area (Å²) in [4.78, 5) is 22.9. The van der Waals surface area contributed by atoms with E-state index in [0.29, 0.717) is 17.4 Å². The zero-order chi connectivity index (χ0) is 22.1. The first-order valence-electron chi connectivity index (χ1n) is 7.01. The molecule has 0 aromatic heterocycles. The lowest BCUT2D eigenvalue weighted by molar-refractivity contribution is -0.297. The molecule has 2 amide bonds. The van der Waals surface area contributed by atoms with E-state index in [4.69, 9.17) is 0 Å². The molecule has 0 atom stereocenters. The maximum absolute atomic E-state index is 12.8. The van der Waals surface area contributed by atoms with Gasteiger partial charge in [-0.3, -0.25) is 4.79 Å². The van der Waals surface area contributed by atoms with Crippen LogP contribution in [0.15, 0.2) is 18.2 Å². The minimum atomic E-state index is -5.97. The van der Waals surface area contributed by atoms with Gasteiger partial charge >= 0.3 is 24.7 Å². The van der Waals surface area contributed by atoms with E-state index in [9.17, 15) is 49.1 Å². The fourth-order valence-corrected chi connectivity index (χ4v) is 1.74. The number of carbonyl (C=O) groups is 2. The molecule has 158 valence electrons. The highest BCUT2D eigenvalue weighted by atomic mass is 19.4. The van der Waals surface area contributed by atoms with Crippen molar-refractivity contribution >= 4 is 17.5 Å². The number of carbonyl (C=O) groups excluding carboxylic acids is 2. The lowest BCUT2D eigenvalue weighted by Crippen LogP contribution is -2.66. The standard InChI is InChI=1S/C14H11F9N2O3/c1-6(26)7-3-4-8(9(5-7)28-14(21,22)23)24-10(27)25-11(2,12(15,16)17)13(18,19)20/h3-5H,1-2H3,(H2,24,25,27). The summed E-state index contributed by atoms with van der Waals surface area (Å²) in [5, 5.41) is 2.06. The van der Waals surface area contributed by atoms with Gasteiger partial charge in [-0.2, -0.15) is 26.3 Å². The Hall–Kier alpha value is -2.67. The molecule has 2 N–H and O–H groups in total. The molecule has 0 aliphatic carbocycles. The SMILES string of the molecule is CC(=O)c1ccc(NC(=O)NC(C)(C(F)(F)F)C(F)(F)F)c(OC(F)(F)F)c1. The zero-order valence-corrected chi connectivity index (χ0v) is 13.9. The molecule has 0 aliphatic rings. The number of halogens is 9. The largest absolute Gasteiger partial charge is 0.573 e. The lowest BCUT2D eigenvalue weighted by Gasteiger charge is -2.34. The van der Waals surface area contributed by atoms with Crippen LogP contribution in [0.5, 0.6) is 5.75 Å². The van der Waals surface area contributed by atoms with Crippen LogP contribution in [0.25, 0.3) is 0 Å². The van der Waals surface area contributed by atoms with Crippen LogP contribution in [0.4, 0.5) is 50.0 Å². The van der Waals surface area contributed by atoms with E-state index < -0.39 is 47.5 Å². The van der Waals surface area contributed by atoms with E-state index in [-0.39, 0.29) is 12.5 Å². The summed E-state index contributed by atoms with van der Waals surface area (Å²) in [6, 6.07) is -0.0677. The topological polar surface area (TPSA) is 67.4 Å². The molecular formula is C14H11F9N2O3.